The minimum Gasteiger partial charge on any atom is -0.465 e. The first-order chi connectivity index (χ1) is 12.1. The summed E-state index contributed by atoms with van der Waals surface area (Å²) in [6, 6.07) is 18.4. The lowest BCUT2D eigenvalue weighted by Gasteiger charge is -2.07. The van der Waals surface area contributed by atoms with Crippen molar-refractivity contribution in [3.05, 3.63) is 71.7 Å². The quantitative estimate of drug-likeness (QED) is 0.475. The van der Waals surface area contributed by atoms with Crippen molar-refractivity contribution in [1.29, 1.82) is 0 Å². The largest absolute Gasteiger partial charge is 0.465 e. The molecule has 4 rings (SSSR count). The summed E-state index contributed by atoms with van der Waals surface area (Å²) < 4.78 is 5.84. The normalized spacial score (nSPS) is 11.2. The van der Waals surface area contributed by atoms with Crippen LogP contribution >= 0.6 is 0 Å². The second-order valence-electron chi connectivity index (χ2n) is 6.31. The molecule has 0 unspecified atom stereocenters. The highest BCUT2D eigenvalue weighted by Crippen LogP contribution is 2.43. The maximum Gasteiger partial charge on any atom is 0.163 e. The van der Waals surface area contributed by atoms with Gasteiger partial charge in [0.2, 0.25) is 0 Å². The summed E-state index contributed by atoms with van der Waals surface area (Å²) in [5, 5.41) is 1.09. The fourth-order valence-corrected chi connectivity index (χ4v) is 3.63. The lowest BCUT2D eigenvalue weighted by atomic mass is 9.93. The molecule has 3 heteroatoms. The highest BCUT2D eigenvalue weighted by atomic mass is 16.3. The molecule has 124 valence electrons. The Morgan fingerprint density at radius 1 is 0.880 bits per heavy atom. The number of benzene rings is 2. The number of rotatable bonds is 3. The van der Waals surface area contributed by atoms with E-state index in [0.29, 0.717) is 11.3 Å². The first-order valence-corrected chi connectivity index (χ1v) is 8.35. The van der Waals surface area contributed by atoms with Gasteiger partial charge in [-0.1, -0.05) is 48.5 Å². The van der Waals surface area contributed by atoms with E-state index in [2.05, 4.69) is 29.2 Å². The van der Waals surface area contributed by atoms with Crippen molar-refractivity contribution in [3.8, 4) is 22.4 Å². The molecule has 2 aromatic carbocycles. The van der Waals surface area contributed by atoms with E-state index in [1.165, 1.54) is 0 Å². The number of fused-ring (bicyclic) bond motifs is 1. The highest BCUT2D eigenvalue weighted by Gasteiger charge is 2.25. The molecule has 0 saturated heterocycles. The first kappa shape index (κ1) is 15.5. The molecular weight excluding hydrogens is 310 g/mol. The van der Waals surface area contributed by atoms with E-state index in [-0.39, 0.29) is 5.78 Å². The van der Waals surface area contributed by atoms with Crippen LogP contribution < -0.4 is 0 Å². The molecule has 1 N–H and O–H groups in total. The Balaban J connectivity index is 2.14. The predicted molar refractivity (Wildman–Crippen MR) is 101 cm³/mol. The van der Waals surface area contributed by atoms with E-state index in [0.717, 1.165) is 39.0 Å². The van der Waals surface area contributed by atoms with Crippen molar-refractivity contribution < 1.29 is 9.21 Å². The smallest absolute Gasteiger partial charge is 0.163 e. The molecule has 3 nitrogen and oxygen atoms in total. The highest BCUT2D eigenvalue weighted by molar-refractivity contribution is 6.11. The summed E-state index contributed by atoms with van der Waals surface area (Å²) in [7, 11) is 0. The van der Waals surface area contributed by atoms with Gasteiger partial charge in [-0.25, -0.2) is 0 Å². The molecule has 0 bridgehead atoms. The van der Waals surface area contributed by atoms with E-state index in [1.807, 2.05) is 44.2 Å². The van der Waals surface area contributed by atoms with Crippen molar-refractivity contribution in [2.24, 2.45) is 0 Å². The SMILES string of the molecule is CC(=O)c1c(C)oc(C)c1-c1c(-c2ccccc2)[nH]c2ccccc12. The average molecular weight is 329 g/mol. The van der Waals surface area contributed by atoms with Gasteiger partial charge in [0.1, 0.15) is 11.5 Å². The van der Waals surface area contributed by atoms with Gasteiger partial charge in [0.15, 0.2) is 5.78 Å². The Morgan fingerprint density at radius 3 is 2.28 bits per heavy atom. The number of para-hydroxylation sites is 1. The molecule has 0 aliphatic rings. The van der Waals surface area contributed by atoms with Crippen LogP contribution in [0, 0.1) is 13.8 Å². The summed E-state index contributed by atoms with van der Waals surface area (Å²) in [6.45, 7) is 5.37. The second-order valence-corrected chi connectivity index (χ2v) is 6.31. The van der Waals surface area contributed by atoms with Crippen molar-refractivity contribution in [2.45, 2.75) is 20.8 Å². The lowest BCUT2D eigenvalue weighted by Crippen LogP contribution is -1.96. The number of hydrogen-bond donors (Lipinski definition) is 1. The number of H-pyrrole nitrogens is 1. The Hall–Kier alpha value is -3.07. The zero-order valence-corrected chi connectivity index (χ0v) is 14.5. The molecule has 0 atom stereocenters. The third kappa shape index (κ3) is 2.40. The van der Waals surface area contributed by atoms with Crippen molar-refractivity contribution in [1.82, 2.24) is 4.98 Å². The van der Waals surface area contributed by atoms with Crippen LogP contribution in [0.15, 0.2) is 59.0 Å². The Kier molecular flexibility index (Phi) is 3.57. The third-order valence-corrected chi connectivity index (χ3v) is 4.63. The fraction of sp³-hybridized carbons (Fsp3) is 0.136. The monoisotopic (exact) mass is 329 g/mol. The number of carbonyl (C=O) groups is 1. The maximum absolute atomic E-state index is 12.3. The van der Waals surface area contributed by atoms with Gasteiger partial charge in [0, 0.05) is 22.0 Å². The van der Waals surface area contributed by atoms with Crippen LogP contribution in [0.2, 0.25) is 0 Å². The lowest BCUT2D eigenvalue weighted by molar-refractivity contribution is 0.101. The third-order valence-electron chi connectivity index (χ3n) is 4.63. The van der Waals surface area contributed by atoms with Gasteiger partial charge in [-0.05, 0) is 32.4 Å². The number of Topliss-reactive ketones (excluding diaryl/α,β-unsaturated/α-hetero) is 1. The van der Waals surface area contributed by atoms with Crippen LogP contribution in [-0.2, 0) is 0 Å². The van der Waals surface area contributed by atoms with Gasteiger partial charge in [0.25, 0.3) is 0 Å². The summed E-state index contributed by atoms with van der Waals surface area (Å²) >= 11 is 0. The molecule has 0 aliphatic heterocycles. The number of aromatic amines is 1. The molecule has 0 saturated carbocycles. The van der Waals surface area contributed by atoms with E-state index in [9.17, 15) is 4.79 Å². The van der Waals surface area contributed by atoms with Crippen LogP contribution in [-0.4, -0.2) is 10.8 Å². The molecule has 25 heavy (non-hydrogen) atoms. The predicted octanol–water partition coefficient (Wildman–Crippen LogP) is 5.91. The van der Waals surface area contributed by atoms with Crippen molar-refractivity contribution >= 4 is 16.7 Å². The maximum atomic E-state index is 12.3. The van der Waals surface area contributed by atoms with Crippen LogP contribution in [0.4, 0.5) is 0 Å². The molecule has 0 spiro atoms. The molecule has 0 radical (unpaired) electrons. The Bertz CT molecular complexity index is 1080. The number of ketones is 1. The minimum atomic E-state index is 0.0219. The van der Waals surface area contributed by atoms with Crippen molar-refractivity contribution in [2.75, 3.05) is 0 Å². The van der Waals surface area contributed by atoms with Gasteiger partial charge in [-0.3, -0.25) is 4.79 Å². The molecule has 0 fully saturated rings. The van der Waals surface area contributed by atoms with Crippen molar-refractivity contribution in [3.63, 3.8) is 0 Å². The molecule has 0 amide bonds. The molecule has 0 aliphatic carbocycles. The number of nitrogens with one attached hydrogen (secondary N) is 1. The number of carbonyl (C=O) groups excluding carboxylic acids is 1. The van der Waals surface area contributed by atoms with Gasteiger partial charge in [0.05, 0.1) is 11.3 Å². The topological polar surface area (TPSA) is 46.0 Å². The van der Waals surface area contributed by atoms with Gasteiger partial charge in [-0.15, -0.1) is 0 Å². The first-order valence-electron chi connectivity index (χ1n) is 8.35. The van der Waals surface area contributed by atoms with E-state index < -0.39 is 0 Å². The summed E-state index contributed by atoms with van der Waals surface area (Å²) in [6.07, 6.45) is 0. The van der Waals surface area contributed by atoms with Crippen LogP contribution in [0.1, 0.15) is 28.8 Å². The molecule has 2 aromatic heterocycles. The fourth-order valence-electron chi connectivity index (χ4n) is 3.63. The average Bonchev–Trinajstić information content (AvgIpc) is 3.12. The van der Waals surface area contributed by atoms with Gasteiger partial charge < -0.3 is 9.40 Å². The number of aromatic nitrogens is 1. The van der Waals surface area contributed by atoms with Gasteiger partial charge >= 0.3 is 0 Å². The Morgan fingerprint density at radius 2 is 1.56 bits per heavy atom. The summed E-state index contributed by atoms with van der Waals surface area (Å²) in [4.78, 5) is 15.8. The van der Waals surface area contributed by atoms with Crippen LogP contribution in [0.3, 0.4) is 0 Å². The number of furan rings is 1. The zero-order chi connectivity index (χ0) is 17.6. The van der Waals surface area contributed by atoms with Crippen LogP contribution in [0.25, 0.3) is 33.3 Å². The summed E-state index contributed by atoms with van der Waals surface area (Å²) in [5.41, 5.74) is 5.72. The zero-order valence-electron chi connectivity index (χ0n) is 14.5. The van der Waals surface area contributed by atoms with E-state index >= 15 is 0 Å². The molecule has 4 aromatic rings. The van der Waals surface area contributed by atoms with Crippen LogP contribution in [0.5, 0.6) is 0 Å². The summed E-state index contributed by atoms with van der Waals surface area (Å²) in [5.74, 6) is 1.46. The van der Waals surface area contributed by atoms with E-state index in [4.69, 9.17) is 4.42 Å². The number of hydrogen-bond acceptors (Lipinski definition) is 2. The molecular formula is C22H19NO2. The minimum absolute atomic E-state index is 0.0219. The second kappa shape index (κ2) is 5.78. The standard InChI is InChI=1S/C22H19NO2/c1-13(24)19-14(2)25-15(3)20(19)21-17-11-7-8-12-18(17)23-22(21)16-9-5-4-6-10-16/h4-12,23H,1-3H3. The Labute approximate surface area is 146 Å². The number of aryl methyl sites for hydroxylation is 2. The van der Waals surface area contributed by atoms with Gasteiger partial charge in [-0.2, -0.15) is 0 Å². The van der Waals surface area contributed by atoms with E-state index in [1.54, 1.807) is 6.92 Å². The molecule has 2 heterocycles.